The van der Waals surface area contributed by atoms with Gasteiger partial charge in [-0.05, 0) is 58.4 Å². The first-order chi connectivity index (χ1) is 9.97. The summed E-state index contributed by atoms with van der Waals surface area (Å²) in [6.07, 6.45) is 3.28. The molecule has 2 heterocycles. The Hall–Kier alpha value is -1.10. The van der Waals surface area contributed by atoms with E-state index in [1.807, 2.05) is 11.8 Å². The van der Waals surface area contributed by atoms with Gasteiger partial charge in [0.1, 0.15) is 12.1 Å². The number of carbonyl (C=O) groups excluding carboxylic acids is 2. The average Bonchev–Trinajstić information content (AvgIpc) is 3.17. The van der Waals surface area contributed by atoms with Gasteiger partial charge in [0.2, 0.25) is 11.8 Å². The SMILES string of the molecule is CC(C)N1CCC(CN2C(=O)C(C3CC3)NC(=O)C2C)C1. The molecule has 0 aromatic heterocycles. The summed E-state index contributed by atoms with van der Waals surface area (Å²) in [5.41, 5.74) is 0. The van der Waals surface area contributed by atoms with Gasteiger partial charge >= 0.3 is 0 Å². The number of piperazine rings is 1. The normalized spacial score (nSPS) is 34.7. The van der Waals surface area contributed by atoms with E-state index >= 15 is 0 Å². The molecule has 1 N–H and O–H groups in total. The molecule has 0 spiro atoms. The summed E-state index contributed by atoms with van der Waals surface area (Å²) in [4.78, 5) is 29.1. The Balaban J connectivity index is 1.65. The smallest absolute Gasteiger partial charge is 0.246 e. The van der Waals surface area contributed by atoms with E-state index in [1.165, 1.54) is 0 Å². The first-order valence-corrected chi connectivity index (χ1v) is 8.32. The molecule has 2 saturated heterocycles. The van der Waals surface area contributed by atoms with E-state index in [2.05, 4.69) is 24.1 Å². The molecule has 2 aliphatic heterocycles. The van der Waals surface area contributed by atoms with Crippen LogP contribution in [0.2, 0.25) is 0 Å². The van der Waals surface area contributed by atoms with Crippen LogP contribution in [-0.2, 0) is 9.59 Å². The number of nitrogens with one attached hydrogen (secondary N) is 1. The van der Waals surface area contributed by atoms with Crippen molar-refractivity contribution in [2.24, 2.45) is 11.8 Å². The molecule has 2 amide bonds. The minimum Gasteiger partial charge on any atom is -0.342 e. The van der Waals surface area contributed by atoms with Crippen LogP contribution in [0, 0.1) is 11.8 Å². The molecule has 1 saturated carbocycles. The van der Waals surface area contributed by atoms with Gasteiger partial charge in [0, 0.05) is 19.1 Å². The van der Waals surface area contributed by atoms with Crippen molar-refractivity contribution in [3.05, 3.63) is 0 Å². The molecule has 3 unspecified atom stereocenters. The monoisotopic (exact) mass is 293 g/mol. The molecule has 3 atom stereocenters. The van der Waals surface area contributed by atoms with Crippen molar-refractivity contribution in [2.75, 3.05) is 19.6 Å². The third-order valence-corrected chi connectivity index (χ3v) is 5.29. The van der Waals surface area contributed by atoms with E-state index in [-0.39, 0.29) is 23.9 Å². The van der Waals surface area contributed by atoms with Crippen LogP contribution in [0.5, 0.6) is 0 Å². The second-order valence-electron chi connectivity index (χ2n) is 7.23. The second-order valence-corrected chi connectivity index (χ2v) is 7.23. The quantitative estimate of drug-likeness (QED) is 0.836. The summed E-state index contributed by atoms with van der Waals surface area (Å²) in [7, 11) is 0. The van der Waals surface area contributed by atoms with Crippen LogP contribution in [0.25, 0.3) is 0 Å². The van der Waals surface area contributed by atoms with Crippen molar-refractivity contribution in [3.8, 4) is 0 Å². The van der Waals surface area contributed by atoms with Crippen LogP contribution in [-0.4, -0.2) is 59.4 Å². The van der Waals surface area contributed by atoms with Gasteiger partial charge in [0.15, 0.2) is 0 Å². The van der Waals surface area contributed by atoms with Crippen LogP contribution in [0.15, 0.2) is 0 Å². The lowest BCUT2D eigenvalue weighted by Crippen LogP contribution is -2.63. The zero-order valence-electron chi connectivity index (χ0n) is 13.3. The number of nitrogens with zero attached hydrogens (tertiary/aromatic N) is 2. The average molecular weight is 293 g/mol. The van der Waals surface area contributed by atoms with Crippen molar-refractivity contribution >= 4 is 11.8 Å². The van der Waals surface area contributed by atoms with Gasteiger partial charge in [0.05, 0.1) is 0 Å². The third-order valence-electron chi connectivity index (χ3n) is 5.29. The van der Waals surface area contributed by atoms with Gasteiger partial charge in [-0.1, -0.05) is 0 Å². The van der Waals surface area contributed by atoms with Crippen molar-refractivity contribution in [1.82, 2.24) is 15.1 Å². The van der Waals surface area contributed by atoms with Crippen LogP contribution in [0.3, 0.4) is 0 Å². The lowest BCUT2D eigenvalue weighted by atomic mass is 10.0. The summed E-state index contributed by atoms with van der Waals surface area (Å²) in [5.74, 6) is 1.05. The van der Waals surface area contributed by atoms with Crippen LogP contribution in [0.1, 0.15) is 40.0 Å². The molecule has 0 aromatic rings. The van der Waals surface area contributed by atoms with Crippen LogP contribution >= 0.6 is 0 Å². The molecular weight excluding hydrogens is 266 g/mol. The Kier molecular flexibility index (Phi) is 3.95. The summed E-state index contributed by atoms with van der Waals surface area (Å²) in [6, 6.07) is -0.0103. The molecular formula is C16H27N3O2. The fourth-order valence-electron chi connectivity index (χ4n) is 3.60. The molecule has 0 aromatic carbocycles. The lowest BCUT2D eigenvalue weighted by Gasteiger charge is -2.39. The summed E-state index contributed by atoms with van der Waals surface area (Å²) >= 11 is 0. The van der Waals surface area contributed by atoms with Gasteiger partial charge < -0.3 is 15.1 Å². The number of likely N-dealkylation sites (tertiary alicyclic amines) is 1. The Morgan fingerprint density at radius 1 is 1.24 bits per heavy atom. The van der Waals surface area contributed by atoms with E-state index in [1.54, 1.807) is 0 Å². The van der Waals surface area contributed by atoms with Crippen molar-refractivity contribution in [3.63, 3.8) is 0 Å². The van der Waals surface area contributed by atoms with Crippen LogP contribution in [0.4, 0.5) is 0 Å². The van der Waals surface area contributed by atoms with Gasteiger partial charge in [-0.3, -0.25) is 9.59 Å². The van der Waals surface area contributed by atoms with Gasteiger partial charge in [-0.25, -0.2) is 0 Å². The standard InChI is InChI=1S/C16H27N3O2/c1-10(2)18-7-6-12(8-18)9-19-11(3)15(20)17-14(16(19)21)13-4-5-13/h10-14H,4-9H2,1-3H3,(H,17,20). The highest BCUT2D eigenvalue weighted by Crippen LogP contribution is 2.35. The molecule has 0 bridgehead atoms. The summed E-state index contributed by atoms with van der Waals surface area (Å²) in [5, 5.41) is 2.92. The minimum atomic E-state index is -0.319. The maximum atomic E-state index is 12.7. The Bertz CT molecular complexity index is 433. The molecule has 3 aliphatic rings. The van der Waals surface area contributed by atoms with Gasteiger partial charge in [-0.15, -0.1) is 0 Å². The highest BCUT2D eigenvalue weighted by Gasteiger charge is 2.46. The van der Waals surface area contributed by atoms with E-state index in [0.717, 1.165) is 38.9 Å². The number of hydrogen-bond acceptors (Lipinski definition) is 3. The maximum absolute atomic E-state index is 12.7. The summed E-state index contributed by atoms with van der Waals surface area (Å²) in [6.45, 7) is 9.17. The summed E-state index contributed by atoms with van der Waals surface area (Å²) < 4.78 is 0. The first kappa shape index (κ1) is 14.8. The van der Waals surface area contributed by atoms with Crippen molar-refractivity contribution in [1.29, 1.82) is 0 Å². The van der Waals surface area contributed by atoms with Gasteiger partial charge in [0.25, 0.3) is 0 Å². The fraction of sp³-hybridized carbons (Fsp3) is 0.875. The fourth-order valence-corrected chi connectivity index (χ4v) is 3.60. The maximum Gasteiger partial charge on any atom is 0.246 e. The minimum absolute atomic E-state index is 0.0187. The molecule has 0 radical (unpaired) electrons. The predicted octanol–water partition coefficient (Wildman–Crippen LogP) is 0.842. The number of amides is 2. The van der Waals surface area contributed by atoms with E-state index < -0.39 is 0 Å². The zero-order chi connectivity index (χ0) is 15.1. The van der Waals surface area contributed by atoms with Gasteiger partial charge in [-0.2, -0.15) is 0 Å². The van der Waals surface area contributed by atoms with Crippen molar-refractivity contribution in [2.45, 2.75) is 58.2 Å². The Labute approximate surface area is 127 Å². The first-order valence-electron chi connectivity index (χ1n) is 8.32. The Morgan fingerprint density at radius 2 is 1.95 bits per heavy atom. The molecule has 21 heavy (non-hydrogen) atoms. The molecule has 5 heteroatoms. The highest BCUT2D eigenvalue weighted by molar-refractivity contribution is 5.97. The molecule has 3 fully saturated rings. The third kappa shape index (κ3) is 2.93. The topological polar surface area (TPSA) is 52.6 Å². The molecule has 5 nitrogen and oxygen atoms in total. The van der Waals surface area contributed by atoms with Crippen molar-refractivity contribution < 1.29 is 9.59 Å². The van der Waals surface area contributed by atoms with Crippen LogP contribution < -0.4 is 5.32 Å². The highest BCUT2D eigenvalue weighted by atomic mass is 16.2. The largest absolute Gasteiger partial charge is 0.342 e. The predicted molar refractivity (Wildman–Crippen MR) is 80.6 cm³/mol. The number of carbonyl (C=O) groups is 2. The van der Waals surface area contributed by atoms with E-state index in [0.29, 0.717) is 17.9 Å². The molecule has 3 rings (SSSR count). The zero-order valence-corrected chi connectivity index (χ0v) is 13.3. The number of rotatable bonds is 4. The molecule has 1 aliphatic carbocycles. The van der Waals surface area contributed by atoms with E-state index in [4.69, 9.17) is 0 Å². The second kappa shape index (κ2) is 5.59. The lowest BCUT2D eigenvalue weighted by molar-refractivity contribution is -0.149. The number of hydrogen-bond donors (Lipinski definition) is 1. The molecule has 118 valence electrons. The Morgan fingerprint density at radius 3 is 2.52 bits per heavy atom. The van der Waals surface area contributed by atoms with E-state index in [9.17, 15) is 9.59 Å².